The lowest BCUT2D eigenvalue weighted by molar-refractivity contribution is 0.0877. The Hall–Kier alpha value is 0.234. The van der Waals surface area contributed by atoms with Crippen molar-refractivity contribution in [2.75, 3.05) is 41.2 Å². The average Bonchev–Trinajstić information content (AvgIpc) is 2.55. The smallest absolute Gasteiger partial charge is 0.414 e. The summed E-state index contributed by atoms with van der Waals surface area (Å²) >= 11 is 0. The summed E-state index contributed by atoms with van der Waals surface area (Å²) in [5.74, 6) is 0. The Kier molecular flexibility index (Phi) is 11.9. The summed E-state index contributed by atoms with van der Waals surface area (Å²) in [7, 11) is 1.01. The fraction of sp³-hybridized carbons (Fsp3) is 1.00. The first-order valence-electron chi connectivity index (χ1n) is 7.94. The number of ether oxygens (including phenoxy) is 1. The molecule has 0 aliphatic carbocycles. The van der Waals surface area contributed by atoms with Gasteiger partial charge >= 0.3 is 8.80 Å². The SMILES string of the molecule is CC[Si](CC)(CC)OCCOCCC[Si](OC)(OC)OC. The minimum Gasteiger partial charge on any atom is -0.414 e. The lowest BCUT2D eigenvalue weighted by Gasteiger charge is -2.28. The third-order valence-corrected chi connectivity index (χ3v) is 11.8. The van der Waals surface area contributed by atoms with Crippen molar-refractivity contribution in [3.63, 3.8) is 0 Å². The maximum atomic E-state index is 6.14. The molecule has 0 aromatic rings. The van der Waals surface area contributed by atoms with Crippen LogP contribution in [0.2, 0.25) is 24.2 Å². The third kappa shape index (κ3) is 7.36. The van der Waals surface area contributed by atoms with Gasteiger partial charge in [-0.2, -0.15) is 0 Å². The predicted octanol–water partition coefficient (Wildman–Crippen LogP) is 3.29. The number of rotatable bonds is 14. The molecule has 0 aromatic carbocycles. The highest BCUT2D eigenvalue weighted by atomic mass is 28.4. The van der Waals surface area contributed by atoms with Crippen molar-refractivity contribution in [3.8, 4) is 0 Å². The van der Waals surface area contributed by atoms with Crippen LogP contribution in [0.25, 0.3) is 0 Å². The maximum Gasteiger partial charge on any atom is 0.500 e. The van der Waals surface area contributed by atoms with Gasteiger partial charge in [0, 0.05) is 34.0 Å². The Labute approximate surface area is 132 Å². The van der Waals surface area contributed by atoms with E-state index in [1.165, 1.54) is 18.1 Å². The van der Waals surface area contributed by atoms with Crippen LogP contribution in [0, 0.1) is 0 Å². The minimum atomic E-state index is -2.44. The van der Waals surface area contributed by atoms with Crippen LogP contribution in [0.15, 0.2) is 0 Å². The molecule has 7 heteroatoms. The van der Waals surface area contributed by atoms with E-state index in [0.29, 0.717) is 19.8 Å². The molecule has 0 amide bonds. The molecule has 0 radical (unpaired) electrons. The molecular formula is C14H34O5Si2. The molecular weight excluding hydrogens is 304 g/mol. The summed E-state index contributed by atoms with van der Waals surface area (Å²) in [5, 5.41) is 0. The Morgan fingerprint density at radius 1 is 0.714 bits per heavy atom. The minimum absolute atomic E-state index is 0.663. The van der Waals surface area contributed by atoms with Gasteiger partial charge in [-0.15, -0.1) is 0 Å². The lowest BCUT2D eigenvalue weighted by Crippen LogP contribution is -2.42. The van der Waals surface area contributed by atoms with E-state index in [0.717, 1.165) is 12.5 Å². The van der Waals surface area contributed by atoms with Crippen molar-refractivity contribution in [3.05, 3.63) is 0 Å². The Morgan fingerprint density at radius 2 is 1.24 bits per heavy atom. The summed E-state index contributed by atoms with van der Waals surface area (Å²) in [6.07, 6.45) is 0.875. The van der Waals surface area contributed by atoms with E-state index >= 15 is 0 Å². The molecule has 0 saturated carbocycles. The second kappa shape index (κ2) is 11.8. The zero-order valence-corrected chi connectivity index (χ0v) is 16.7. The second-order valence-corrected chi connectivity index (χ2v) is 13.0. The van der Waals surface area contributed by atoms with E-state index in [1.807, 2.05) is 0 Å². The molecule has 0 saturated heterocycles. The fourth-order valence-electron chi connectivity index (χ4n) is 2.42. The van der Waals surface area contributed by atoms with Crippen molar-refractivity contribution < 1.29 is 22.4 Å². The van der Waals surface area contributed by atoms with Crippen LogP contribution in [-0.2, 0) is 22.4 Å². The van der Waals surface area contributed by atoms with Gasteiger partial charge < -0.3 is 22.4 Å². The average molecular weight is 339 g/mol. The first-order valence-corrected chi connectivity index (χ1v) is 12.4. The van der Waals surface area contributed by atoms with Crippen LogP contribution in [0.4, 0.5) is 0 Å². The van der Waals surface area contributed by atoms with Gasteiger partial charge in [-0.05, 0) is 24.6 Å². The van der Waals surface area contributed by atoms with Crippen LogP contribution in [0.5, 0.6) is 0 Å². The van der Waals surface area contributed by atoms with Crippen molar-refractivity contribution >= 4 is 17.1 Å². The third-order valence-electron chi connectivity index (χ3n) is 4.27. The van der Waals surface area contributed by atoms with Crippen LogP contribution in [-0.4, -0.2) is 58.3 Å². The van der Waals surface area contributed by atoms with E-state index in [2.05, 4.69) is 20.8 Å². The van der Waals surface area contributed by atoms with Gasteiger partial charge in [0.25, 0.3) is 0 Å². The highest BCUT2D eigenvalue weighted by molar-refractivity contribution is 6.73. The monoisotopic (exact) mass is 338 g/mol. The zero-order valence-electron chi connectivity index (χ0n) is 14.7. The first kappa shape index (κ1) is 21.2. The Morgan fingerprint density at radius 3 is 1.67 bits per heavy atom. The van der Waals surface area contributed by atoms with Gasteiger partial charge in [0.2, 0.25) is 0 Å². The van der Waals surface area contributed by atoms with E-state index < -0.39 is 17.1 Å². The summed E-state index contributed by atoms with van der Waals surface area (Å²) in [4.78, 5) is 0. The Bertz CT molecular complexity index is 205. The molecule has 0 unspecified atom stereocenters. The van der Waals surface area contributed by atoms with Gasteiger partial charge in [-0.25, -0.2) is 0 Å². The molecule has 21 heavy (non-hydrogen) atoms. The highest BCUT2D eigenvalue weighted by Crippen LogP contribution is 2.21. The van der Waals surface area contributed by atoms with Gasteiger partial charge in [0.15, 0.2) is 8.32 Å². The number of hydrogen-bond donors (Lipinski definition) is 0. The first-order chi connectivity index (χ1) is 10.1. The number of hydrogen-bond acceptors (Lipinski definition) is 5. The lowest BCUT2D eigenvalue weighted by atomic mass is 10.5. The zero-order chi connectivity index (χ0) is 16.2. The van der Waals surface area contributed by atoms with Crippen molar-refractivity contribution in [1.29, 1.82) is 0 Å². The molecule has 0 fully saturated rings. The van der Waals surface area contributed by atoms with E-state index in [9.17, 15) is 0 Å². The van der Waals surface area contributed by atoms with Crippen LogP contribution >= 0.6 is 0 Å². The van der Waals surface area contributed by atoms with Gasteiger partial charge in [-0.1, -0.05) is 20.8 Å². The molecule has 0 aliphatic rings. The molecule has 0 atom stereocenters. The summed E-state index contributed by atoms with van der Waals surface area (Å²) in [6, 6.07) is 4.33. The molecule has 128 valence electrons. The van der Waals surface area contributed by atoms with Crippen molar-refractivity contribution in [2.45, 2.75) is 51.4 Å². The van der Waals surface area contributed by atoms with Crippen molar-refractivity contribution in [1.82, 2.24) is 0 Å². The molecule has 5 nitrogen and oxygen atoms in total. The van der Waals surface area contributed by atoms with E-state index in [-0.39, 0.29) is 0 Å². The Balaban J connectivity index is 3.78. The van der Waals surface area contributed by atoms with Gasteiger partial charge in [0.1, 0.15) is 0 Å². The highest BCUT2D eigenvalue weighted by Gasteiger charge is 2.36. The largest absolute Gasteiger partial charge is 0.500 e. The molecule has 0 N–H and O–H groups in total. The second-order valence-electron chi connectivity index (χ2n) is 5.10. The topological polar surface area (TPSA) is 46.2 Å². The summed E-state index contributed by atoms with van der Waals surface area (Å²) in [6.45, 7) is 8.78. The molecule has 0 spiro atoms. The van der Waals surface area contributed by atoms with Crippen LogP contribution < -0.4 is 0 Å². The molecule has 0 bridgehead atoms. The molecule has 0 aliphatic heterocycles. The summed E-state index contributed by atoms with van der Waals surface area (Å²) in [5.41, 5.74) is 0. The molecule has 0 aromatic heterocycles. The summed E-state index contributed by atoms with van der Waals surface area (Å²) < 4.78 is 27.9. The molecule has 0 rings (SSSR count). The van der Waals surface area contributed by atoms with Crippen LogP contribution in [0.3, 0.4) is 0 Å². The quantitative estimate of drug-likeness (QED) is 0.359. The predicted molar refractivity (Wildman–Crippen MR) is 90.2 cm³/mol. The standard InChI is InChI=1S/C14H34O5Si2/c1-7-20(8-2,9-3)19-13-12-18-11-10-14-21(15-4,16-5)17-6/h7-14H2,1-6H3. The van der Waals surface area contributed by atoms with E-state index in [1.54, 1.807) is 21.3 Å². The van der Waals surface area contributed by atoms with E-state index in [4.69, 9.17) is 22.4 Å². The van der Waals surface area contributed by atoms with Crippen LogP contribution in [0.1, 0.15) is 27.2 Å². The maximum absolute atomic E-state index is 6.14. The normalized spacial score (nSPS) is 12.9. The van der Waals surface area contributed by atoms with Gasteiger partial charge in [-0.3, -0.25) is 0 Å². The fourth-order valence-corrected chi connectivity index (χ4v) is 6.74. The van der Waals surface area contributed by atoms with Gasteiger partial charge in [0.05, 0.1) is 13.2 Å². The van der Waals surface area contributed by atoms with Crippen molar-refractivity contribution in [2.24, 2.45) is 0 Å². The molecule has 0 heterocycles.